The SMILES string of the molecule is CCC(CCOC)OC(C)C. The molecule has 0 fully saturated rings. The number of hydrogen-bond acceptors (Lipinski definition) is 2. The van der Waals surface area contributed by atoms with Gasteiger partial charge in [-0.05, 0) is 26.7 Å². The number of hydrogen-bond donors (Lipinski definition) is 0. The molecule has 0 saturated carbocycles. The maximum Gasteiger partial charge on any atom is 0.0597 e. The Labute approximate surface area is 69.9 Å². The fourth-order valence-corrected chi connectivity index (χ4v) is 1.00. The van der Waals surface area contributed by atoms with E-state index >= 15 is 0 Å². The summed E-state index contributed by atoms with van der Waals surface area (Å²) >= 11 is 0. The Kier molecular flexibility index (Phi) is 6.57. The molecule has 0 bridgehead atoms. The fraction of sp³-hybridized carbons (Fsp3) is 1.00. The van der Waals surface area contributed by atoms with Gasteiger partial charge in [0, 0.05) is 13.7 Å². The van der Waals surface area contributed by atoms with Gasteiger partial charge in [-0.1, -0.05) is 6.92 Å². The summed E-state index contributed by atoms with van der Waals surface area (Å²) in [6.07, 6.45) is 2.78. The van der Waals surface area contributed by atoms with Crippen LogP contribution in [0.2, 0.25) is 0 Å². The molecule has 68 valence electrons. The van der Waals surface area contributed by atoms with E-state index in [9.17, 15) is 0 Å². The molecule has 11 heavy (non-hydrogen) atoms. The summed E-state index contributed by atoms with van der Waals surface area (Å²) in [5.74, 6) is 0. The highest BCUT2D eigenvalue weighted by molar-refractivity contribution is 4.55. The Balaban J connectivity index is 3.41. The van der Waals surface area contributed by atoms with Crippen LogP contribution in [-0.2, 0) is 9.47 Å². The van der Waals surface area contributed by atoms with Crippen LogP contribution in [-0.4, -0.2) is 25.9 Å². The van der Waals surface area contributed by atoms with Crippen LogP contribution in [0.25, 0.3) is 0 Å². The van der Waals surface area contributed by atoms with Crippen molar-refractivity contribution in [2.24, 2.45) is 0 Å². The molecule has 0 aliphatic heterocycles. The van der Waals surface area contributed by atoms with Crippen molar-refractivity contribution in [3.63, 3.8) is 0 Å². The van der Waals surface area contributed by atoms with Crippen molar-refractivity contribution in [1.29, 1.82) is 0 Å². The van der Waals surface area contributed by atoms with Gasteiger partial charge in [0.25, 0.3) is 0 Å². The molecule has 0 spiro atoms. The van der Waals surface area contributed by atoms with E-state index in [-0.39, 0.29) is 0 Å². The van der Waals surface area contributed by atoms with Crippen LogP contribution in [0, 0.1) is 0 Å². The molecule has 0 saturated heterocycles. The van der Waals surface area contributed by atoms with E-state index in [2.05, 4.69) is 20.8 Å². The maximum atomic E-state index is 5.62. The summed E-state index contributed by atoms with van der Waals surface area (Å²) in [6.45, 7) is 7.07. The Bertz CT molecular complexity index is 81.6. The molecular weight excluding hydrogens is 140 g/mol. The second-order valence-electron chi connectivity index (χ2n) is 3.00. The molecule has 0 heterocycles. The van der Waals surface area contributed by atoms with Gasteiger partial charge in [-0.15, -0.1) is 0 Å². The van der Waals surface area contributed by atoms with Crippen LogP contribution in [0.15, 0.2) is 0 Å². The van der Waals surface area contributed by atoms with E-state index in [0.29, 0.717) is 12.2 Å². The molecule has 2 heteroatoms. The quantitative estimate of drug-likeness (QED) is 0.593. The molecule has 1 unspecified atom stereocenters. The molecule has 0 N–H and O–H groups in total. The van der Waals surface area contributed by atoms with Crippen LogP contribution in [0.4, 0.5) is 0 Å². The Morgan fingerprint density at radius 3 is 2.27 bits per heavy atom. The van der Waals surface area contributed by atoms with Crippen LogP contribution in [0.3, 0.4) is 0 Å². The molecule has 1 atom stereocenters. The average Bonchev–Trinajstić information content (AvgIpc) is 1.97. The van der Waals surface area contributed by atoms with E-state index in [0.717, 1.165) is 19.4 Å². The molecule has 0 aliphatic carbocycles. The first-order chi connectivity index (χ1) is 5.20. The summed E-state index contributed by atoms with van der Waals surface area (Å²) in [5.41, 5.74) is 0. The second-order valence-corrected chi connectivity index (χ2v) is 3.00. The lowest BCUT2D eigenvalue weighted by atomic mass is 10.2. The number of rotatable bonds is 6. The van der Waals surface area contributed by atoms with Gasteiger partial charge in [0.05, 0.1) is 12.2 Å². The lowest BCUT2D eigenvalue weighted by Crippen LogP contribution is -2.18. The topological polar surface area (TPSA) is 18.5 Å². The summed E-state index contributed by atoms with van der Waals surface area (Å²) in [5, 5.41) is 0. The van der Waals surface area contributed by atoms with Gasteiger partial charge >= 0.3 is 0 Å². The van der Waals surface area contributed by atoms with E-state index in [1.54, 1.807) is 7.11 Å². The smallest absolute Gasteiger partial charge is 0.0597 e. The van der Waals surface area contributed by atoms with Gasteiger partial charge in [-0.25, -0.2) is 0 Å². The first kappa shape index (κ1) is 10.9. The van der Waals surface area contributed by atoms with Crippen molar-refractivity contribution < 1.29 is 9.47 Å². The van der Waals surface area contributed by atoms with Gasteiger partial charge in [-0.2, -0.15) is 0 Å². The molecule has 0 aromatic rings. The first-order valence-corrected chi connectivity index (χ1v) is 4.35. The van der Waals surface area contributed by atoms with Crippen molar-refractivity contribution in [2.45, 2.75) is 45.8 Å². The third-order valence-electron chi connectivity index (χ3n) is 1.56. The third kappa shape index (κ3) is 6.32. The summed E-state index contributed by atoms with van der Waals surface area (Å²) in [4.78, 5) is 0. The zero-order chi connectivity index (χ0) is 8.69. The molecular formula is C9H20O2. The Morgan fingerprint density at radius 1 is 1.27 bits per heavy atom. The van der Waals surface area contributed by atoms with Gasteiger partial charge in [-0.3, -0.25) is 0 Å². The zero-order valence-electron chi connectivity index (χ0n) is 8.09. The van der Waals surface area contributed by atoms with E-state index in [1.807, 2.05) is 0 Å². The van der Waals surface area contributed by atoms with Crippen molar-refractivity contribution in [3.05, 3.63) is 0 Å². The van der Waals surface area contributed by atoms with Gasteiger partial charge in [0.1, 0.15) is 0 Å². The monoisotopic (exact) mass is 160 g/mol. The van der Waals surface area contributed by atoms with Crippen LogP contribution in [0.5, 0.6) is 0 Å². The molecule has 0 aliphatic rings. The molecule has 0 rings (SSSR count). The zero-order valence-corrected chi connectivity index (χ0v) is 8.09. The van der Waals surface area contributed by atoms with E-state index in [1.165, 1.54) is 0 Å². The minimum Gasteiger partial charge on any atom is -0.385 e. The number of ether oxygens (including phenoxy) is 2. The highest BCUT2D eigenvalue weighted by Crippen LogP contribution is 2.06. The third-order valence-corrected chi connectivity index (χ3v) is 1.56. The largest absolute Gasteiger partial charge is 0.385 e. The lowest BCUT2D eigenvalue weighted by molar-refractivity contribution is -0.0104. The molecule has 0 radical (unpaired) electrons. The summed E-state index contributed by atoms with van der Waals surface area (Å²) in [6, 6.07) is 0. The predicted octanol–water partition coefficient (Wildman–Crippen LogP) is 2.23. The molecule has 2 nitrogen and oxygen atoms in total. The highest BCUT2D eigenvalue weighted by Gasteiger charge is 2.07. The van der Waals surface area contributed by atoms with Crippen molar-refractivity contribution in [2.75, 3.05) is 13.7 Å². The van der Waals surface area contributed by atoms with Crippen molar-refractivity contribution in [3.8, 4) is 0 Å². The normalized spacial score (nSPS) is 13.9. The van der Waals surface area contributed by atoms with Crippen molar-refractivity contribution in [1.82, 2.24) is 0 Å². The first-order valence-electron chi connectivity index (χ1n) is 4.35. The number of methoxy groups -OCH3 is 1. The Morgan fingerprint density at radius 2 is 1.91 bits per heavy atom. The molecule has 0 aromatic carbocycles. The Hall–Kier alpha value is -0.0800. The van der Waals surface area contributed by atoms with E-state index < -0.39 is 0 Å². The molecule has 0 amide bonds. The van der Waals surface area contributed by atoms with Crippen LogP contribution < -0.4 is 0 Å². The van der Waals surface area contributed by atoms with Crippen LogP contribution >= 0.6 is 0 Å². The van der Waals surface area contributed by atoms with Crippen molar-refractivity contribution >= 4 is 0 Å². The molecule has 0 aromatic heterocycles. The average molecular weight is 160 g/mol. The second kappa shape index (κ2) is 6.62. The lowest BCUT2D eigenvalue weighted by Gasteiger charge is -2.18. The van der Waals surface area contributed by atoms with Crippen LogP contribution in [0.1, 0.15) is 33.6 Å². The van der Waals surface area contributed by atoms with E-state index in [4.69, 9.17) is 9.47 Å². The minimum atomic E-state index is 0.330. The minimum absolute atomic E-state index is 0.330. The standard InChI is InChI=1S/C9H20O2/c1-5-9(6-7-10-4)11-8(2)3/h8-9H,5-7H2,1-4H3. The predicted molar refractivity (Wildman–Crippen MR) is 46.8 cm³/mol. The highest BCUT2D eigenvalue weighted by atomic mass is 16.5. The van der Waals surface area contributed by atoms with Gasteiger partial charge in [0.15, 0.2) is 0 Å². The fourth-order valence-electron chi connectivity index (χ4n) is 1.00. The summed E-state index contributed by atoms with van der Waals surface area (Å²) in [7, 11) is 1.72. The maximum absolute atomic E-state index is 5.62. The summed E-state index contributed by atoms with van der Waals surface area (Å²) < 4.78 is 10.6. The van der Waals surface area contributed by atoms with Gasteiger partial charge < -0.3 is 9.47 Å². The van der Waals surface area contributed by atoms with Gasteiger partial charge in [0.2, 0.25) is 0 Å².